The van der Waals surface area contributed by atoms with Crippen molar-refractivity contribution in [3.63, 3.8) is 0 Å². The molecule has 0 bridgehead atoms. The van der Waals surface area contributed by atoms with Crippen LogP contribution in [0.5, 0.6) is 0 Å². The summed E-state index contributed by atoms with van der Waals surface area (Å²) in [5, 5.41) is 3.32. The molecule has 5 nitrogen and oxygen atoms in total. The van der Waals surface area contributed by atoms with Gasteiger partial charge in [0.15, 0.2) is 0 Å². The van der Waals surface area contributed by atoms with Gasteiger partial charge in [-0.2, -0.15) is 0 Å². The van der Waals surface area contributed by atoms with E-state index >= 15 is 0 Å². The summed E-state index contributed by atoms with van der Waals surface area (Å²) in [4.78, 5) is 25.4. The average molecular weight is 254 g/mol. The van der Waals surface area contributed by atoms with E-state index in [-0.39, 0.29) is 17.9 Å². The fourth-order valence-corrected chi connectivity index (χ4v) is 2.70. The molecule has 2 rings (SSSR count). The number of ether oxygens (including phenoxy) is 1. The summed E-state index contributed by atoms with van der Waals surface area (Å²) in [5.74, 6) is 0.149. The maximum Gasteiger partial charge on any atom is 0.417 e. The van der Waals surface area contributed by atoms with E-state index in [4.69, 9.17) is 4.74 Å². The number of fused-ring (bicyclic) bond motifs is 1. The molecule has 18 heavy (non-hydrogen) atoms. The van der Waals surface area contributed by atoms with E-state index in [0.29, 0.717) is 6.42 Å². The first kappa shape index (κ1) is 13.3. The Balaban J connectivity index is 2.10. The highest BCUT2D eigenvalue weighted by Gasteiger charge is 2.44. The van der Waals surface area contributed by atoms with E-state index in [1.54, 1.807) is 0 Å². The number of amides is 2. The van der Waals surface area contributed by atoms with E-state index in [2.05, 4.69) is 5.32 Å². The van der Waals surface area contributed by atoms with E-state index < -0.39 is 11.7 Å². The van der Waals surface area contributed by atoms with Crippen molar-refractivity contribution in [3.8, 4) is 0 Å². The van der Waals surface area contributed by atoms with E-state index in [1.165, 1.54) is 4.90 Å². The zero-order chi connectivity index (χ0) is 13.3. The van der Waals surface area contributed by atoms with Crippen molar-refractivity contribution >= 4 is 12.0 Å². The molecule has 0 aromatic heterocycles. The van der Waals surface area contributed by atoms with Crippen LogP contribution >= 0.6 is 0 Å². The van der Waals surface area contributed by atoms with Gasteiger partial charge in [0.25, 0.3) is 0 Å². The molecule has 0 spiro atoms. The van der Waals surface area contributed by atoms with Gasteiger partial charge in [-0.1, -0.05) is 0 Å². The lowest BCUT2D eigenvalue weighted by Crippen LogP contribution is -2.43. The van der Waals surface area contributed by atoms with Crippen LogP contribution in [0.25, 0.3) is 0 Å². The van der Waals surface area contributed by atoms with Crippen molar-refractivity contribution < 1.29 is 14.3 Å². The number of hydrogen-bond acceptors (Lipinski definition) is 4. The van der Waals surface area contributed by atoms with Crippen LogP contribution < -0.4 is 5.32 Å². The monoisotopic (exact) mass is 254 g/mol. The Labute approximate surface area is 108 Å². The van der Waals surface area contributed by atoms with Crippen LogP contribution in [0.15, 0.2) is 0 Å². The highest BCUT2D eigenvalue weighted by molar-refractivity contribution is 5.94. The highest BCUT2D eigenvalue weighted by atomic mass is 16.6. The zero-order valence-corrected chi connectivity index (χ0v) is 11.4. The van der Waals surface area contributed by atoms with Gasteiger partial charge in [-0.3, -0.25) is 4.79 Å². The van der Waals surface area contributed by atoms with Gasteiger partial charge in [0, 0.05) is 24.9 Å². The van der Waals surface area contributed by atoms with Crippen molar-refractivity contribution in [2.45, 2.75) is 51.7 Å². The molecule has 102 valence electrons. The van der Waals surface area contributed by atoms with Gasteiger partial charge in [-0.15, -0.1) is 0 Å². The second-order valence-corrected chi connectivity index (χ2v) is 6.12. The minimum atomic E-state index is -0.557. The maximum atomic E-state index is 12.1. The van der Waals surface area contributed by atoms with Crippen molar-refractivity contribution in [1.29, 1.82) is 0 Å². The molecular weight excluding hydrogens is 232 g/mol. The van der Waals surface area contributed by atoms with Gasteiger partial charge in [0.2, 0.25) is 5.91 Å². The molecule has 2 amide bonds. The Morgan fingerprint density at radius 2 is 2.17 bits per heavy atom. The Bertz CT molecular complexity index is 349. The normalized spacial score (nSPS) is 28.8. The Morgan fingerprint density at radius 3 is 2.83 bits per heavy atom. The van der Waals surface area contributed by atoms with Gasteiger partial charge in [0.05, 0.1) is 0 Å². The third-order valence-corrected chi connectivity index (χ3v) is 3.43. The van der Waals surface area contributed by atoms with Gasteiger partial charge in [0.1, 0.15) is 5.60 Å². The number of hydrogen-bond donors (Lipinski definition) is 1. The van der Waals surface area contributed by atoms with Gasteiger partial charge >= 0.3 is 6.09 Å². The summed E-state index contributed by atoms with van der Waals surface area (Å²) in [6, 6.07) is 0.0161. The van der Waals surface area contributed by atoms with Crippen molar-refractivity contribution in [3.05, 3.63) is 0 Å². The molecule has 0 radical (unpaired) electrons. The van der Waals surface area contributed by atoms with Gasteiger partial charge in [-0.25, -0.2) is 9.69 Å². The first-order valence-electron chi connectivity index (χ1n) is 6.64. The molecule has 2 fully saturated rings. The third kappa shape index (κ3) is 2.83. The minimum absolute atomic E-state index is 0.0161. The lowest BCUT2D eigenvalue weighted by atomic mass is 9.98. The largest absolute Gasteiger partial charge is 0.443 e. The predicted octanol–water partition coefficient (Wildman–Crippen LogP) is 1.52. The fourth-order valence-electron chi connectivity index (χ4n) is 2.70. The number of imide groups is 1. The average Bonchev–Trinajstić information content (AvgIpc) is 2.40. The molecule has 1 N–H and O–H groups in total. The number of nitrogens with one attached hydrogen (secondary N) is 1. The van der Waals surface area contributed by atoms with Crippen LogP contribution in [0, 0.1) is 5.92 Å². The van der Waals surface area contributed by atoms with Crippen LogP contribution in [-0.2, 0) is 9.53 Å². The molecular formula is C13H22N2O3. The van der Waals surface area contributed by atoms with Crippen molar-refractivity contribution in [2.24, 2.45) is 5.92 Å². The minimum Gasteiger partial charge on any atom is -0.443 e. The topological polar surface area (TPSA) is 58.6 Å². The lowest BCUT2D eigenvalue weighted by molar-refractivity contribution is -0.128. The second kappa shape index (κ2) is 4.88. The maximum absolute atomic E-state index is 12.1. The van der Waals surface area contributed by atoms with Gasteiger partial charge < -0.3 is 10.1 Å². The molecule has 2 atom stereocenters. The first-order chi connectivity index (χ1) is 8.38. The third-order valence-electron chi connectivity index (χ3n) is 3.43. The molecule has 0 unspecified atom stereocenters. The first-order valence-corrected chi connectivity index (χ1v) is 6.64. The molecule has 0 aromatic carbocycles. The van der Waals surface area contributed by atoms with Gasteiger partial charge in [-0.05, 0) is 40.2 Å². The molecule has 0 aromatic rings. The van der Waals surface area contributed by atoms with Crippen LogP contribution in [0.4, 0.5) is 4.79 Å². The smallest absolute Gasteiger partial charge is 0.417 e. The summed E-state index contributed by atoms with van der Waals surface area (Å²) >= 11 is 0. The Kier molecular flexibility index (Phi) is 3.61. The number of rotatable bonds is 0. The SMILES string of the molecule is CC(C)(C)OC(=O)N1C(=O)C[C@@H]2CNCCC[C@H]21. The highest BCUT2D eigenvalue weighted by Crippen LogP contribution is 2.31. The summed E-state index contributed by atoms with van der Waals surface area (Å²) in [7, 11) is 0. The molecule has 2 heterocycles. The van der Waals surface area contributed by atoms with E-state index in [0.717, 1.165) is 25.9 Å². The molecule has 2 saturated heterocycles. The van der Waals surface area contributed by atoms with Crippen LogP contribution in [0.3, 0.4) is 0 Å². The quantitative estimate of drug-likeness (QED) is 0.712. The second-order valence-electron chi connectivity index (χ2n) is 6.12. The van der Waals surface area contributed by atoms with Crippen LogP contribution in [-0.4, -0.2) is 41.6 Å². The lowest BCUT2D eigenvalue weighted by Gasteiger charge is -2.28. The molecule has 5 heteroatoms. The Morgan fingerprint density at radius 1 is 1.44 bits per heavy atom. The van der Waals surface area contributed by atoms with Crippen LogP contribution in [0.1, 0.15) is 40.0 Å². The van der Waals surface area contributed by atoms with E-state index in [9.17, 15) is 9.59 Å². The number of carbonyl (C=O) groups is 2. The van der Waals surface area contributed by atoms with Crippen molar-refractivity contribution in [2.75, 3.05) is 13.1 Å². The van der Waals surface area contributed by atoms with E-state index in [1.807, 2.05) is 20.8 Å². The summed E-state index contributed by atoms with van der Waals surface area (Å²) in [5.41, 5.74) is -0.557. The summed E-state index contributed by atoms with van der Waals surface area (Å²) in [6.45, 7) is 7.23. The van der Waals surface area contributed by atoms with Crippen molar-refractivity contribution in [1.82, 2.24) is 10.2 Å². The molecule has 0 saturated carbocycles. The molecule has 2 aliphatic rings. The molecule has 0 aliphatic carbocycles. The molecule has 2 aliphatic heterocycles. The Hall–Kier alpha value is -1.10. The zero-order valence-electron chi connectivity index (χ0n) is 11.4. The summed E-state index contributed by atoms with van der Waals surface area (Å²) < 4.78 is 5.33. The van der Waals surface area contributed by atoms with Crippen LogP contribution in [0.2, 0.25) is 0 Å². The number of carbonyl (C=O) groups excluding carboxylic acids is 2. The number of likely N-dealkylation sites (tertiary alicyclic amines) is 1. The predicted molar refractivity (Wildman–Crippen MR) is 67.1 cm³/mol. The standard InChI is InChI=1S/C13H22N2O3/c1-13(2,3)18-12(17)15-10-5-4-6-14-8-9(10)7-11(15)16/h9-10,14H,4-8H2,1-3H3/t9-,10-/m1/s1. The summed E-state index contributed by atoms with van der Waals surface area (Å²) in [6.07, 6.45) is 1.84. The number of nitrogens with zero attached hydrogens (tertiary/aromatic N) is 1. The fraction of sp³-hybridized carbons (Fsp3) is 0.846.